The van der Waals surface area contributed by atoms with Gasteiger partial charge in [0, 0.05) is 0 Å². The number of hydrogen-bond donors (Lipinski definition) is 2. The second kappa shape index (κ2) is 5.85. The molecule has 0 amide bonds. The smallest absolute Gasteiger partial charge is 0.0802 e. The van der Waals surface area contributed by atoms with Gasteiger partial charge in [-0.15, -0.1) is 0 Å². The number of rotatable bonds is 4. The summed E-state index contributed by atoms with van der Waals surface area (Å²) in [6.07, 6.45) is -0.721. The summed E-state index contributed by atoms with van der Waals surface area (Å²) in [7, 11) is 0. The van der Waals surface area contributed by atoms with Crippen molar-refractivity contribution in [1.29, 1.82) is 0 Å². The lowest BCUT2D eigenvalue weighted by Gasteiger charge is -2.24. The molecule has 0 radical (unpaired) electrons. The molecule has 0 aromatic heterocycles. The Labute approximate surface area is 111 Å². The molecule has 3 atom stereocenters. The topological polar surface area (TPSA) is 40.5 Å². The van der Waals surface area contributed by atoms with E-state index in [4.69, 9.17) is 0 Å². The molecule has 1 aromatic rings. The Morgan fingerprint density at radius 3 is 1.78 bits per heavy atom. The summed E-state index contributed by atoms with van der Waals surface area (Å²) in [4.78, 5) is 0. The fourth-order valence-electron chi connectivity index (χ4n) is 2.66. The second-order valence-electron chi connectivity index (χ2n) is 5.62. The Hall–Kier alpha value is -0.860. The predicted octanol–water partition coefficient (Wildman–Crippen LogP) is 3.16. The predicted molar refractivity (Wildman–Crippen MR) is 76.1 cm³/mol. The zero-order chi connectivity index (χ0) is 14.0. The van der Waals surface area contributed by atoms with Crippen LogP contribution in [0.5, 0.6) is 0 Å². The van der Waals surface area contributed by atoms with E-state index in [-0.39, 0.29) is 5.92 Å². The van der Waals surface area contributed by atoms with Crippen molar-refractivity contribution in [2.45, 2.75) is 66.1 Å². The maximum Gasteiger partial charge on any atom is 0.0802 e. The fourth-order valence-corrected chi connectivity index (χ4v) is 2.66. The molecule has 2 N–H and O–H groups in total. The Kier molecular flexibility index (Phi) is 4.94. The van der Waals surface area contributed by atoms with E-state index >= 15 is 0 Å². The zero-order valence-electron chi connectivity index (χ0n) is 12.4. The van der Waals surface area contributed by atoms with Crippen LogP contribution in [0.3, 0.4) is 0 Å². The van der Waals surface area contributed by atoms with Crippen LogP contribution in [-0.4, -0.2) is 22.4 Å². The first-order chi connectivity index (χ1) is 8.25. The van der Waals surface area contributed by atoms with Crippen molar-refractivity contribution in [2.75, 3.05) is 0 Å². The Morgan fingerprint density at radius 1 is 0.944 bits per heavy atom. The molecule has 0 aliphatic rings. The normalized spacial score (nSPS) is 16.4. The number of aryl methyl sites for hydroxylation is 2. The van der Waals surface area contributed by atoms with E-state index in [0.29, 0.717) is 6.42 Å². The van der Waals surface area contributed by atoms with Gasteiger partial charge in [-0.2, -0.15) is 0 Å². The third-order valence-electron chi connectivity index (χ3n) is 4.07. The summed E-state index contributed by atoms with van der Waals surface area (Å²) >= 11 is 0. The van der Waals surface area contributed by atoms with Gasteiger partial charge in [0.2, 0.25) is 0 Å². The average Bonchev–Trinajstić information content (AvgIpc) is 2.26. The van der Waals surface area contributed by atoms with Gasteiger partial charge in [0.1, 0.15) is 0 Å². The SMILES string of the molecule is Cc1cc(C)c(C)c(C(C)CC(O)C(C)O)c1C. The van der Waals surface area contributed by atoms with Crippen molar-refractivity contribution >= 4 is 0 Å². The molecule has 0 fully saturated rings. The van der Waals surface area contributed by atoms with Gasteiger partial charge in [0.05, 0.1) is 12.2 Å². The highest BCUT2D eigenvalue weighted by molar-refractivity contribution is 5.45. The van der Waals surface area contributed by atoms with Crippen LogP contribution >= 0.6 is 0 Å². The highest BCUT2D eigenvalue weighted by Crippen LogP contribution is 2.31. The van der Waals surface area contributed by atoms with Crippen LogP contribution in [-0.2, 0) is 0 Å². The maximum absolute atomic E-state index is 9.83. The first-order valence-electron chi connectivity index (χ1n) is 6.69. The Morgan fingerprint density at radius 2 is 1.39 bits per heavy atom. The van der Waals surface area contributed by atoms with Gasteiger partial charge < -0.3 is 10.2 Å². The number of benzene rings is 1. The molecule has 0 aliphatic carbocycles. The molecule has 1 rings (SSSR count). The number of hydrogen-bond acceptors (Lipinski definition) is 2. The van der Waals surface area contributed by atoms with E-state index in [1.807, 2.05) is 0 Å². The minimum atomic E-state index is -0.668. The van der Waals surface area contributed by atoms with E-state index in [1.165, 1.54) is 27.8 Å². The molecule has 0 aliphatic heterocycles. The summed E-state index contributed by atoms with van der Waals surface area (Å²) in [6, 6.07) is 2.21. The summed E-state index contributed by atoms with van der Waals surface area (Å²) in [6.45, 7) is 12.3. The minimum absolute atomic E-state index is 0.258. The third kappa shape index (κ3) is 3.12. The standard InChI is InChI=1S/C16H26O2/c1-9-7-10(2)13(5)16(12(9)4)11(3)8-15(18)14(6)17/h7,11,14-15,17-18H,8H2,1-6H3. The Balaban J connectivity index is 3.09. The average molecular weight is 250 g/mol. The molecule has 3 unspecified atom stereocenters. The van der Waals surface area contributed by atoms with Gasteiger partial charge in [0.15, 0.2) is 0 Å². The van der Waals surface area contributed by atoms with E-state index in [0.717, 1.165) is 0 Å². The molecule has 0 spiro atoms. The van der Waals surface area contributed by atoms with Gasteiger partial charge in [-0.1, -0.05) is 13.0 Å². The largest absolute Gasteiger partial charge is 0.391 e. The van der Waals surface area contributed by atoms with Gasteiger partial charge in [-0.3, -0.25) is 0 Å². The molecule has 0 heterocycles. The minimum Gasteiger partial charge on any atom is -0.391 e. The van der Waals surface area contributed by atoms with Gasteiger partial charge in [-0.25, -0.2) is 0 Å². The first kappa shape index (κ1) is 15.2. The van der Waals surface area contributed by atoms with Gasteiger partial charge >= 0.3 is 0 Å². The molecule has 0 bridgehead atoms. The molecule has 0 saturated heterocycles. The van der Waals surface area contributed by atoms with Crippen LogP contribution in [0.15, 0.2) is 6.07 Å². The van der Waals surface area contributed by atoms with Crippen molar-refractivity contribution < 1.29 is 10.2 Å². The fraction of sp³-hybridized carbons (Fsp3) is 0.625. The zero-order valence-corrected chi connectivity index (χ0v) is 12.4. The number of aliphatic hydroxyl groups excluding tert-OH is 2. The summed E-state index contributed by atoms with van der Waals surface area (Å²) in [5.41, 5.74) is 6.54. The molecule has 2 nitrogen and oxygen atoms in total. The quantitative estimate of drug-likeness (QED) is 0.861. The Bertz CT molecular complexity index is 395. The van der Waals surface area contributed by atoms with Crippen LogP contribution < -0.4 is 0 Å². The van der Waals surface area contributed by atoms with Crippen molar-refractivity contribution in [1.82, 2.24) is 0 Å². The van der Waals surface area contributed by atoms with E-state index < -0.39 is 12.2 Å². The number of aliphatic hydroxyl groups is 2. The summed E-state index contributed by atoms with van der Waals surface area (Å²) < 4.78 is 0. The van der Waals surface area contributed by atoms with Crippen molar-refractivity contribution in [3.05, 3.63) is 33.9 Å². The van der Waals surface area contributed by atoms with Crippen molar-refractivity contribution in [3.63, 3.8) is 0 Å². The van der Waals surface area contributed by atoms with Crippen LogP contribution in [0.2, 0.25) is 0 Å². The lowest BCUT2D eigenvalue weighted by Crippen LogP contribution is -2.24. The van der Waals surface area contributed by atoms with Gasteiger partial charge in [0.25, 0.3) is 0 Å². The van der Waals surface area contributed by atoms with Crippen LogP contribution in [0.1, 0.15) is 54.0 Å². The van der Waals surface area contributed by atoms with Gasteiger partial charge in [-0.05, 0) is 74.8 Å². The molecule has 1 aromatic carbocycles. The highest BCUT2D eigenvalue weighted by atomic mass is 16.3. The van der Waals surface area contributed by atoms with Crippen LogP contribution in [0.4, 0.5) is 0 Å². The van der Waals surface area contributed by atoms with Crippen molar-refractivity contribution in [3.8, 4) is 0 Å². The summed E-state index contributed by atoms with van der Waals surface area (Å²) in [5.74, 6) is 0.258. The maximum atomic E-state index is 9.83. The second-order valence-corrected chi connectivity index (χ2v) is 5.62. The first-order valence-corrected chi connectivity index (χ1v) is 6.69. The molecular formula is C16H26O2. The lowest BCUT2D eigenvalue weighted by atomic mass is 9.84. The molecule has 0 saturated carbocycles. The molecule has 2 heteroatoms. The van der Waals surface area contributed by atoms with E-state index in [1.54, 1.807) is 6.92 Å². The highest BCUT2D eigenvalue weighted by Gasteiger charge is 2.20. The van der Waals surface area contributed by atoms with Crippen LogP contribution in [0.25, 0.3) is 0 Å². The molecular weight excluding hydrogens is 224 g/mol. The van der Waals surface area contributed by atoms with Crippen LogP contribution in [0, 0.1) is 27.7 Å². The summed E-state index contributed by atoms with van der Waals surface area (Å²) in [5, 5.41) is 19.2. The monoisotopic (exact) mass is 250 g/mol. The molecule has 102 valence electrons. The van der Waals surface area contributed by atoms with E-state index in [9.17, 15) is 10.2 Å². The molecule has 18 heavy (non-hydrogen) atoms. The lowest BCUT2D eigenvalue weighted by molar-refractivity contribution is 0.0226. The third-order valence-corrected chi connectivity index (χ3v) is 4.07. The van der Waals surface area contributed by atoms with E-state index in [2.05, 4.69) is 40.7 Å². The van der Waals surface area contributed by atoms with Crippen molar-refractivity contribution in [2.24, 2.45) is 0 Å².